The molecule has 0 fully saturated rings. The summed E-state index contributed by atoms with van der Waals surface area (Å²) >= 11 is 0. The topological polar surface area (TPSA) is 31.4 Å². The van der Waals surface area contributed by atoms with Gasteiger partial charge in [0, 0.05) is 23.4 Å². The Bertz CT molecular complexity index is 655. The summed E-state index contributed by atoms with van der Waals surface area (Å²) < 4.78 is 24.9. The second-order valence-corrected chi connectivity index (χ2v) is 4.84. The van der Waals surface area contributed by atoms with Crippen molar-refractivity contribution in [2.24, 2.45) is 0 Å². The molecule has 3 rings (SSSR count). The standard InChI is InChI=1S/C16H16FNO2/c1-19-15-8-10(6-7-18-15)13-9-14(17)11-4-3-5-12(11)16(13)20-2/h6-9H,3-5H2,1-2H3. The van der Waals surface area contributed by atoms with Crippen LogP contribution in [0.3, 0.4) is 0 Å². The van der Waals surface area contributed by atoms with Crippen LogP contribution in [0.25, 0.3) is 11.1 Å². The Morgan fingerprint density at radius 2 is 1.90 bits per heavy atom. The molecule has 1 aromatic heterocycles. The highest BCUT2D eigenvalue weighted by Crippen LogP contribution is 2.41. The van der Waals surface area contributed by atoms with E-state index in [2.05, 4.69) is 4.98 Å². The molecule has 20 heavy (non-hydrogen) atoms. The fourth-order valence-electron chi connectivity index (χ4n) is 2.84. The predicted octanol–water partition coefficient (Wildman–Crippen LogP) is 3.39. The third-order valence-electron chi connectivity index (χ3n) is 3.76. The second-order valence-electron chi connectivity index (χ2n) is 4.84. The Labute approximate surface area is 117 Å². The van der Waals surface area contributed by atoms with E-state index in [9.17, 15) is 4.39 Å². The summed E-state index contributed by atoms with van der Waals surface area (Å²) in [4.78, 5) is 4.08. The van der Waals surface area contributed by atoms with Crippen LogP contribution < -0.4 is 9.47 Å². The second kappa shape index (κ2) is 5.12. The monoisotopic (exact) mass is 273 g/mol. The summed E-state index contributed by atoms with van der Waals surface area (Å²) in [5.41, 5.74) is 3.40. The van der Waals surface area contributed by atoms with Gasteiger partial charge < -0.3 is 9.47 Å². The largest absolute Gasteiger partial charge is 0.496 e. The van der Waals surface area contributed by atoms with Crippen molar-refractivity contribution in [1.29, 1.82) is 0 Å². The number of hydrogen-bond acceptors (Lipinski definition) is 3. The van der Waals surface area contributed by atoms with Crippen molar-refractivity contribution in [1.82, 2.24) is 4.98 Å². The van der Waals surface area contributed by atoms with Crippen LogP contribution in [0.1, 0.15) is 17.5 Å². The van der Waals surface area contributed by atoms with Crippen molar-refractivity contribution in [3.05, 3.63) is 41.3 Å². The van der Waals surface area contributed by atoms with Crippen LogP contribution in [0, 0.1) is 5.82 Å². The van der Waals surface area contributed by atoms with Crippen LogP contribution in [0.15, 0.2) is 24.4 Å². The highest BCUT2D eigenvalue weighted by atomic mass is 19.1. The zero-order chi connectivity index (χ0) is 14.1. The summed E-state index contributed by atoms with van der Waals surface area (Å²) in [6.07, 6.45) is 4.29. The maximum Gasteiger partial charge on any atom is 0.213 e. The first-order chi connectivity index (χ1) is 9.74. The van der Waals surface area contributed by atoms with Gasteiger partial charge in [0.15, 0.2) is 0 Å². The number of nitrogens with zero attached hydrogens (tertiary/aromatic N) is 1. The van der Waals surface area contributed by atoms with Gasteiger partial charge in [0.1, 0.15) is 11.6 Å². The Balaban J connectivity index is 2.20. The zero-order valence-corrected chi connectivity index (χ0v) is 11.6. The smallest absolute Gasteiger partial charge is 0.213 e. The Hall–Kier alpha value is -2.10. The number of pyridine rings is 1. The molecule has 0 saturated carbocycles. The maximum absolute atomic E-state index is 14.2. The van der Waals surface area contributed by atoms with Crippen molar-refractivity contribution in [2.75, 3.05) is 14.2 Å². The highest BCUT2D eigenvalue weighted by molar-refractivity contribution is 5.74. The molecule has 104 valence electrons. The van der Waals surface area contributed by atoms with Gasteiger partial charge in [-0.2, -0.15) is 0 Å². The summed E-state index contributed by atoms with van der Waals surface area (Å²) in [6.45, 7) is 0. The molecule has 0 bridgehead atoms. The molecule has 4 heteroatoms. The van der Waals surface area contributed by atoms with E-state index >= 15 is 0 Å². The van der Waals surface area contributed by atoms with Gasteiger partial charge in [-0.15, -0.1) is 0 Å². The van der Waals surface area contributed by atoms with E-state index in [1.54, 1.807) is 32.5 Å². The van der Waals surface area contributed by atoms with Gasteiger partial charge in [-0.05, 0) is 42.5 Å². The molecule has 2 aromatic rings. The van der Waals surface area contributed by atoms with E-state index in [1.165, 1.54) is 0 Å². The number of aromatic nitrogens is 1. The average molecular weight is 273 g/mol. The summed E-state index contributed by atoms with van der Waals surface area (Å²) in [7, 11) is 3.19. The number of rotatable bonds is 3. The minimum Gasteiger partial charge on any atom is -0.496 e. The normalized spacial score (nSPS) is 13.2. The van der Waals surface area contributed by atoms with Gasteiger partial charge in [0.25, 0.3) is 0 Å². The molecule has 1 aliphatic rings. The van der Waals surface area contributed by atoms with Crippen molar-refractivity contribution in [3.63, 3.8) is 0 Å². The number of ether oxygens (including phenoxy) is 2. The molecule has 0 radical (unpaired) electrons. The van der Waals surface area contributed by atoms with Crippen LogP contribution in [-0.2, 0) is 12.8 Å². The average Bonchev–Trinajstić information content (AvgIpc) is 2.97. The zero-order valence-electron chi connectivity index (χ0n) is 11.6. The molecule has 0 amide bonds. The SMILES string of the molecule is COc1cc(-c2cc(F)c3c(c2OC)CCC3)ccn1. The van der Waals surface area contributed by atoms with Crippen molar-refractivity contribution in [2.45, 2.75) is 19.3 Å². The van der Waals surface area contributed by atoms with E-state index in [0.29, 0.717) is 5.88 Å². The van der Waals surface area contributed by atoms with Crippen molar-refractivity contribution >= 4 is 0 Å². The molecule has 0 aliphatic heterocycles. The maximum atomic E-state index is 14.2. The van der Waals surface area contributed by atoms with Gasteiger partial charge in [-0.1, -0.05) is 0 Å². The van der Waals surface area contributed by atoms with Crippen molar-refractivity contribution in [3.8, 4) is 22.8 Å². The molecule has 0 saturated heterocycles. The van der Waals surface area contributed by atoms with Crippen LogP contribution in [0.4, 0.5) is 4.39 Å². The third kappa shape index (κ3) is 2.01. The number of halogens is 1. The van der Waals surface area contributed by atoms with Gasteiger partial charge in [-0.25, -0.2) is 9.37 Å². The van der Waals surface area contributed by atoms with Crippen LogP contribution >= 0.6 is 0 Å². The van der Waals surface area contributed by atoms with E-state index in [1.807, 2.05) is 6.07 Å². The Morgan fingerprint density at radius 1 is 1.10 bits per heavy atom. The number of methoxy groups -OCH3 is 2. The Kier molecular flexibility index (Phi) is 3.30. The minimum absolute atomic E-state index is 0.149. The van der Waals surface area contributed by atoms with Gasteiger partial charge >= 0.3 is 0 Å². The lowest BCUT2D eigenvalue weighted by Crippen LogP contribution is -1.98. The fourth-order valence-corrected chi connectivity index (χ4v) is 2.84. The number of benzene rings is 1. The van der Waals surface area contributed by atoms with Crippen LogP contribution in [-0.4, -0.2) is 19.2 Å². The van der Waals surface area contributed by atoms with Crippen molar-refractivity contribution < 1.29 is 13.9 Å². The number of hydrogen-bond donors (Lipinski definition) is 0. The van der Waals surface area contributed by atoms with E-state index in [0.717, 1.165) is 47.3 Å². The lowest BCUT2D eigenvalue weighted by molar-refractivity contribution is 0.398. The van der Waals surface area contributed by atoms with E-state index in [-0.39, 0.29) is 5.82 Å². The summed E-state index contributed by atoms with van der Waals surface area (Å²) in [5.74, 6) is 1.13. The highest BCUT2D eigenvalue weighted by Gasteiger charge is 2.23. The molecular formula is C16H16FNO2. The molecule has 0 unspecified atom stereocenters. The fraction of sp³-hybridized carbons (Fsp3) is 0.312. The summed E-state index contributed by atoms with van der Waals surface area (Å²) in [6, 6.07) is 5.18. The molecule has 3 nitrogen and oxygen atoms in total. The molecule has 0 atom stereocenters. The molecule has 0 spiro atoms. The quantitative estimate of drug-likeness (QED) is 0.859. The Morgan fingerprint density at radius 3 is 2.65 bits per heavy atom. The first-order valence-electron chi connectivity index (χ1n) is 6.63. The molecule has 1 aromatic carbocycles. The van der Waals surface area contributed by atoms with E-state index in [4.69, 9.17) is 9.47 Å². The first-order valence-corrected chi connectivity index (χ1v) is 6.63. The first kappa shape index (κ1) is 12.9. The van der Waals surface area contributed by atoms with Crippen LogP contribution in [0.5, 0.6) is 11.6 Å². The van der Waals surface area contributed by atoms with Gasteiger partial charge in [0.2, 0.25) is 5.88 Å². The molecule has 1 aliphatic carbocycles. The van der Waals surface area contributed by atoms with Gasteiger partial charge in [-0.3, -0.25) is 0 Å². The van der Waals surface area contributed by atoms with Crippen LogP contribution in [0.2, 0.25) is 0 Å². The molecule has 0 N–H and O–H groups in total. The molecule has 1 heterocycles. The lowest BCUT2D eigenvalue weighted by atomic mass is 9.98. The third-order valence-corrected chi connectivity index (χ3v) is 3.76. The lowest BCUT2D eigenvalue weighted by Gasteiger charge is -2.14. The minimum atomic E-state index is -0.149. The predicted molar refractivity (Wildman–Crippen MR) is 74.8 cm³/mol. The molecular weight excluding hydrogens is 257 g/mol. The van der Waals surface area contributed by atoms with E-state index < -0.39 is 0 Å². The van der Waals surface area contributed by atoms with Gasteiger partial charge in [0.05, 0.1) is 14.2 Å². The number of fused-ring (bicyclic) bond motifs is 1. The summed E-state index contributed by atoms with van der Waals surface area (Å²) in [5, 5.41) is 0.